The maximum Gasteiger partial charge on any atom is 0.259 e. The lowest BCUT2D eigenvalue weighted by molar-refractivity contribution is -0.139. The molecule has 1 aliphatic heterocycles. The topological polar surface area (TPSA) is 93.7 Å². The summed E-state index contributed by atoms with van der Waals surface area (Å²) in [6.45, 7) is 2.46. The first-order valence-electron chi connectivity index (χ1n) is 9.61. The van der Waals surface area contributed by atoms with Gasteiger partial charge in [-0.15, -0.1) is 0 Å². The average molecular weight is 398 g/mol. The second-order valence-electron chi connectivity index (χ2n) is 6.91. The Bertz CT molecular complexity index is 887. The van der Waals surface area contributed by atoms with Gasteiger partial charge in [0, 0.05) is 19.9 Å². The fraction of sp³-hybridized carbons (Fsp3) is 0.429. The van der Waals surface area contributed by atoms with Gasteiger partial charge < -0.3 is 19.7 Å². The van der Waals surface area contributed by atoms with Gasteiger partial charge in [-0.1, -0.05) is 12.1 Å². The van der Waals surface area contributed by atoms with Crippen LogP contribution in [0.2, 0.25) is 0 Å². The second-order valence-corrected chi connectivity index (χ2v) is 6.91. The maximum absolute atomic E-state index is 12.7. The van der Waals surface area contributed by atoms with Crippen molar-refractivity contribution in [1.82, 2.24) is 14.9 Å². The number of hydrogen-bond donors (Lipinski definition) is 1. The van der Waals surface area contributed by atoms with Crippen molar-refractivity contribution in [3.05, 3.63) is 47.5 Å². The van der Waals surface area contributed by atoms with E-state index < -0.39 is 0 Å². The van der Waals surface area contributed by atoms with E-state index in [0.717, 1.165) is 19.3 Å². The highest BCUT2D eigenvalue weighted by molar-refractivity contribution is 6.05. The fourth-order valence-electron chi connectivity index (χ4n) is 3.51. The van der Waals surface area contributed by atoms with Gasteiger partial charge in [0.25, 0.3) is 5.91 Å². The van der Waals surface area contributed by atoms with Gasteiger partial charge in [0.15, 0.2) is 5.82 Å². The van der Waals surface area contributed by atoms with Crippen LogP contribution in [0.15, 0.2) is 30.5 Å². The van der Waals surface area contributed by atoms with Crippen LogP contribution in [-0.4, -0.2) is 54.1 Å². The molecule has 1 unspecified atom stereocenters. The molecule has 8 heteroatoms. The molecule has 1 aromatic heterocycles. The molecule has 1 saturated heterocycles. The monoisotopic (exact) mass is 398 g/mol. The third-order valence-corrected chi connectivity index (χ3v) is 4.99. The van der Waals surface area contributed by atoms with Crippen molar-refractivity contribution >= 4 is 17.5 Å². The summed E-state index contributed by atoms with van der Waals surface area (Å²) in [5, 5.41) is 2.84. The zero-order valence-electron chi connectivity index (χ0n) is 17.0. The average Bonchev–Trinajstić information content (AvgIpc) is 2.74. The number of anilines is 1. The van der Waals surface area contributed by atoms with Gasteiger partial charge >= 0.3 is 0 Å². The second kappa shape index (κ2) is 9.47. The van der Waals surface area contributed by atoms with Crippen molar-refractivity contribution in [2.75, 3.05) is 32.7 Å². The first-order valence-corrected chi connectivity index (χ1v) is 9.61. The number of carbonyl (C=O) groups is 2. The molecule has 1 N–H and O–H groups in total. The number of likely N-dealkylation sites (tertiary alicyclic amines) is 1. The normalized spacial score (nSPS) is 16.4. The van der Waals surface area contributed by atoms with E-state index in [9.17, 15) is 9.59 Å². The first-order chi connectivity index (χ1) is 14.0. The van der Waals surface area contributed by atoms with Crippen molar-refractivity contribution in [2.45, 2.75) is 32.2 Å². The number of nitrogens with zero attached hydrogens (tertiary/aromatic N) is 3. The molecule has 0 spiro atoms. The minimum absolute atomic E-state index is 0.0366. The number of piperidine rings is 1. The Labute approximate surface area is 170 Å². The van der Waals surface area contributed by atoms with Gasteiger partial charge in [0.05, 0.1) is 30.1 Å². The Kier molecular flexibility index (Phi) is 6.77. The molecule has 0 bridgehead atoms. The lowest BCUT2D eigenvalue weighted by Gasteiger charge is -2.34. The van der Waals surface area contributed by atoms with Gasteiger partial charge in [0.1, 0.15) is 12.4 Å². The maximum atomic E-state index is 12.7. The lowest BCUT2D eigenvalue weighted by Crippen LogP contribution is -2.41. The molecule has 1 atom stereocenters. The minimum Gasteiger partial charge on any atom is -0.495 e. The SMILES string of the molecule is COCC(=O)N1CCCCC1c1ncc(C(=O)Nc2ccccc2OC)c(C)n1. The number of carbonyl (C=O) groups excluding carboxylic acids is 2. The number of hydrogen-bond acceptors (Lipinski definition) is 6. The summed E-state index contributed by atoms with van der Waals surface area (Å²) in [5.74, 6) is 0.747. The molecule has 0 radical (unpaired) electrons. The molecule has 2 amide bonds. The van der Waals surface area contributed by atoms with Crippen LogP contribution in [0.1, 0.15) is 47.2 Å². The van der Waals surface area contributed by atoms with Gasteiger partial charge in [-0.25, -0.2) is 9.97 Å². The predicted octanol–water partition coefficient (Wildman–Crippen LogP) is 2.75. The number of para-hydroxylation sites is 2. The number of methoxy groups -OCH3 is 2. The molecule has 0 saturated carbocycles. The highest BCUT2D eigenvalue weighted by atomic mass is 16.5. The van der Waals surface area contributed by atoms with Crippen molar-refractivity contribution < 1.29 is 19.1 Å². The first kappa shape index (κ1) is 20.7. The van der Waals surface area contributed by atoms with Crippen molar-refractivity contribution in [2.24, 2.45) is 0 Å². The van der Waals surface area contributed by atoms with Crippen molar-refractivity contribution in [1.29, 1.82) is 0 Å². The van der Waals surface area contributed by atoms with Crippen molar-refractivity contribution in [3.63, 3.8) is 0 Å². The Hall–Kier alpha value is -3.00. The molecule has 29 heavy (non-hydrogen) atoms. The van der Waals surface area contributed by atoms with E-state index in [1.807, 2.05) is 12.1 Å². The van der Waals surface area contributed by atoms with Gasteiger partial charge in [-0.3, -0.25) is 9.59 Å². The minimum atomic E-state index is -0.311. The molecular weight excluding hydrogens is 372 g/mol. The number of aryl methyl sites for hydroxylation is 1. The molecule has 1 aliphatic rings. The zero-order chi connectivity index (χ0) is 20.8. The van der Waals surface area contributed by atoms with E-state index in [2.05, 4.69) is 15.3 Å². The van der Waals surface area contributed by atoms with Crippen LogP contribution in [-0.2, 0) is 9.53 Å². The summed E-state index contributed by atoms with van der Waals surface area (Å²) in [4.78, 5) is 35.9. The molecule has 8 nitrogen and oxygen atoms in total. The van der Waals surface area contributed by atoms with Crippen LogP contribution in [0.25, 0.3) is 0 Å². The molecule has 1 fully saturated rings. The van der Waals surface area contributed by atoms with E-state index >= 15 is 0 Å². The van der Waals surface area contributed by atoms with Crippen molar-refractivity contribution in [3.8, 4) is 5.75 Å². The van der Waals surface area contributed by atoms with Crippen LogP contribution < -0.4 is 10.1 Å². The Morgan fingerprint density at radius 2 is 2.03 bits per heavy atom. The van der Waals surface area contributed by atoms with Gasteiger partial charge in [-0.05, 0) is 38.3 Å². The highest BCUT2D eigenvalue weighted by Gasteiger charge is 2.30. The van der Waals surface area contributed by atoms with E-state index in [0.29, 0.717) is 35.1 Å². The molecule has 2 aromatic rings. The largest absolute Gasteiger partial charge is 0.495 e. The molecular formula is C21H26N4O4. The predicted molar refractivity (Wildman–Crippen MR) is 108 cm³/mol. The molecule has 0 aliphatic carbocycles. The molecule has 3 rings (SSSR count). The third kappa shape index (κ3) is 4.71. The Morgan fingerprint density at radius 3 is 2.76 bits per heavy atom. The smallest absolute Gasteiger partial charge is 0.259 e. The number of nitrogens with one attached hydrogen (secondary N) is 1. The summed E-state index contributed by atoms with van der Waals surface area (Å²) >= 11 is 0. The van der Waals surface area contributed by atoms with Crippen LogP contribution in [0.4, 0.5) is 5.69 Å². The van der Waals surface area contributed by atoms with E-state index in [1.54, 1.807) is 31.1 Å². The number of amides is 2. The zero-order valence-corrected chi connectivity index (χ0v) is 17.0. The summed E-state index contributed by atoms with van der Waals surface area (Å²) in [5.41, 5.74) is 1.52. The summed E-state index contributed by atoms with van der Waals surface area (Å²) in [7, 11) is 3.06. The van der Waals surface area contributed by atoms with Crippen LogP contribution in [0.5, 0.6) is 5.75 Å². The number of rotatable bonds is 6. The summed E-state index contributed by atoms with van der Waals surface area (Å²) in [6, 6.07) is 6.99. The summed E-state index contributed by atoms with van der Waals surface area (Å²) in [6.07, 6.45) is 4.27. The summed E-state index contributed by atoms with van der Waals surface area (Å²) < 4.78 is 10.3. The van der Waals surface area contributed by atoms with E-state index in [1.165, 1.54) is 13.3 Å². The standard InChI is InChI=1S/C21H26N4O4/c1-14-15(21(27)24-16-8-4-5-10-18(16)29-3)12-22-20(23-14)17-9-6-7-11-25(17)19(26)13-28-2/h4-5,8,10,12,17H,6-7,9,11,13H2,1-3H3,(H,24,27). The lowest BCUT2D eigenvalue weighted by atomic mass is 10.0. The quantitative estimate of drug-likeness (QED) is 0.804. The Morgan fingerprint density at radius 1 is 1.24 bits per heavy atom. The number of ether oxygens (including phenoxy) is 2. The number of aromatic nitrogens is 2. The van der Waals surface area contributed by atoms with Gasteiger partial charge in [-0.2, -0.15) is 0 Å². The van der Waals surface area contributed by atoms with Crippen LogP contribution in [0.3, 0.4) is 0 Å². The third-order valence-electron chi connectivity index (χ3n) is 4.99. The fourth-order valence-corrected chi connectivity index (χ4v) is 3.51. The molecule has 2 heterocycles. The molecule has 1 aromatic carbocycles. The van der Waals surface area contributed by atoms with Crippen LogP contribution >= 0.6 is 0 Å². The number of benzene rings is 1. The van der Waals surface area contributed by atoms with Crippen LogP contribution in [0, 0.1) is 6.92 Å². The highest BCUT2D eigenvalue weighted by Crippen LogP contribution is 2.29. The van der Waals surface area contributed by atoms with Gasteiger partial charge in [0.2, 0.25) is 5.91 Å². The molecule has 154 valence electrons. The Balaban J connectivity index is 1.80. The van der Waals surface area contributed by atoms with E-state index in [-0.39, 0.29) is 24.5 Å². The van der Waals surface area contributed by atoms with E-state index in [4.69, 9.17) is 9.47 Å².